The molecule has 1 unspecified atom stereocenters. The number of hydrogen-bond donors (Lipinski definition) is 3. The molecule has 0 radical (unpaired) electrons. The van der Waals surface area contributed by atoms with Gasteiger partial charge in [-0.15, -0.1) is 0 Å². The Morgan fingerprint density at radius 2 is 1.51 bits per heavy atom. The van der Waals surface area contributed by atoms with Gasteiger partial charge in [0.1, 0.15) is 5.82 Å². The number of morpholine rings is 1. The molecule has 0 saturated carbocycles. The minimum absolute atomic E-state index is 0.0415. The summed E-state index contributed by atoms with van der Waals surface area (Å²) in [6.45, 7) is 21.8. The highest BCUT2D eigenvalue weighted by atomic mass is 16.5. The third-order valence-electron chi connectivity index (χ3n) is 5.66. The summed E-state index contributed by atoms with van der Waals surface area (Å²) in [5.41, 5.74) is 14.7. The van der Waals surface area contributed by atoms with E-state index in [4.69, 9.17) is 10.5 Å². The van der Waals surface area contributed by atoms with Crippen LogP contribution in [0.5, 0.6) is 0 Å². The average Bonchev–Trinajstić information content (AvgIpc) is 2.93. The molecule has 1 saturated heterocycles. The van der Waals surface area contributed by atoms with Crippen LogP contribution >= 0.6 is 0 Å². The van der Waals surface area contributed by atoms with Crippen molar-refractivity contribution in [2.75, 3.05) is 67.1 Å². The van der Waals surface area contributed by atoms with Crippen LogP contribution in [0.15, 0.2) is 47.9 Å². The number of hydrogen-bond acceptors (Lipinski definition) is 7. The number of allylic oxidation sites excluding steroid dienone is 1. The van der Waals surface area contributed by atoms with Crippen LogP contribution in [-0.2, 0) is 4.74 Å². The van der Waals surface area contributed by atoms with Crippen LogP contribution in [0.1, 0.15) is 58.6 Å². The van der Waals surface area contributed by atoms with E-state index < -0.39 is 0 Å². The molecule has 0 amide bonds. The van der Waals surface area contributed by atoms with Crippen molar-refractivity contribution >= 4 is 0 Å². The normalized spacial score (nSPS) is 16.0. The zero-order chi connectivity index (χ0) is 28.6. The van der Waals surface area contributed by atoms with Crippen LogP contribution in [0.3, 0.4) is 0 Å². The lowest BCUT2D eigenvalue weighted by Crippen LogP contribution is -2.45. The predicted octanol–water partition coefficient (Wildman–Crippen LogP) is 4.53. The molecule has 3 rings (SSSR count). The van der Waals surface area contributed by atoms with Gasteiger partial charge in [0.2, 0.25) is 0 Å². The van der Waals surface area contributed by atoms with Crippen molar-refractivity contribution in [1.29, 1.82) is 0 Å². The van der Waals surface area contributed by atoms with Gasteiger partial charge in [-0.05, 0) is 46.7 Å². The Hall–Kier alpha value is -2.06. The van der Waals surface area contributed by atoms with Gasteiger partial charge in [-0.2, -0.15) is 0 Å². The molecule has 7 heteroatoms. The summed E-state index contributed by atoms with van der Waals surface area (Å²) in [5.74, 6) is 1.20. The lowest BCUT2D eigenvalue weighted by atomic mass is 10.2. The second kappa shape index (κ2) is 24.3. The molecule has 0 aromatic heterocycles. The van der Waals surface area contributed by atoms with Gasteiger partial charge in [-0.25, -0.2) is 0 Å². The summed E-state index contributed by atoms with van der Waals surface area (Å²) < 4.78 is 5.01. The van der Waals surface area contributed by atoms with Crippen LogP contribution in [0.2, 0.25) is 0 Å². The molecule has 1 aromatic carbocycles. The van der Waals surface area contributed by atoms with Gasteiger partial charge in [-0.1, -0.05) is 63.1 Å². The van der Waals surface area contributed by atoms with E-state index in [1.807, 2.05) is 13.8 Å². The van der Waals surface area contributed by atoms with Crippen LogP contribution in [0.25, 0.3) is 0 Å². The number of nitrogens with two attached hydrogens (primary N) is 2. The topological polar surface area (TPSA) is 83.0 Å². The average molecular weight is 521 g/mol. The van der Waals surface area contributed by atoms with Crippen molar-refractivity contribution in [2.45, 2.75) is 67.5 Å². The Labute approximate surface area is 229 Å². The van der Waals surface area contributed by atoms with Gasteiger partial charge in [-0.3, -0.25) is 0 Å². The standard InChI is InChI=1S/C15H30N4.C8H10.C4H9NO.C2H6.CH5N/c1-6-9-19(10-7-2)13-11-14(16)18(5)15(12-13)17(4)8-3;1-7-4-3-5-8(2)6-7;1-3-6-4-2-5-1;2*1-2/h11-12,14H,6-10,16H2,1-5H3;3-6H,1-2H3;5H,1-4H2;1-2H3;2H2,1H3. The first kappa shape index (κ1) is 37.1. The molecule has 1 atom stereocenters. The molecule has 2 aliphatic rings. The number of ether oxygens (including phenoxy) is 1. The zero-order valence-electron chi connectivity index (χ0n) is 25.8. The maximum absolute atomic E-state index is 6.24. The summed E-state index contributed by atoms with van der Waals surface area (Å²) in [6, 6.07) is 8.45. The van der Waals surface area contributed by atoms with E-state index in [2.05, 4.69) is 111 Å². The van der Waals surface area contributed by atoms with E-state index >= 15 is 0 Å². The van der Waals surface area contributed by atoms with E-state index in [1.54, 1.807) is 0 Å². The molecule has 2 aliphatic heterocycles. The number of aryl methyl sites for hydroxylation is 2. The highest BCUT2D eigenvalue weighted by molar-refractivity contribution is 5.28. The van der Waals surface area contributed by atoms with Gasteiger partial charge in [0, 0.05) is 58.6 Å². The molecular formula is C30H60N6O. The highest BCUT2D eigenvalue weighted by Gasteiger charge is 2.21. The van der Waals surface area contributed by atoms with Crippen LogP contribution < -0.4 is 16.8 Å². The Balaban J connectivity index is 0. The van der Waals surface area contributed by atoms with Crippen molar-refractivity contribution in [3.63, 3.8) is 0 Å². The summed E-state index contributed by atoms with van der Waals surface area (Å²) in [5, 5.41) is 3.16. The van der Waals surface area contributed by atoms with E-state index in [1.165, 1.54) is 29.7 Å². The molecule has 37 heavy (non-hydrogen) atoms. The lowest BCUT2D eigenvalue weighted by molar-refractivity contribution is 0.109. The van der Waals surface area contributed by atoms with Gasteiger partial charge in [0.15, 0.2) is 0 Å². The largest absolute Gasteiger partial charge is 0.379 e. The smallest absolute Gasteiger partial charge is 0.107 e. The Morgan fingerprint density at radius 1 is 1.00 bits per heavy atom. The minimum Gasteiger partial charge on any atom is -0.379 e. The Morgan fingerprint density at radius 3 is 1.84 bits per heavy atom. The van der Waals surface area contributed by atoms with Crippen molar-refractivity contribution in [3.05, 3.63) is 59.1 Å². The van der Waals surface area contributed by atoms with E-state index in [0.717, 1.165) is 58.8 Å². The maximum atomic E-state index is 6.24. The van der Waals surface area contributed by atoms with E-state index in [0.29, 0.717) is 0 Å². The minimum atomic E-state index is -0.0415. The fourth-order valence-electron chi connectivity index (χ4n) is 3.69. The van der Waals surface area contributed by atoms with E-state index in [-0.39, 0.29) is 6.17 Å². The fourth-order valence-corrected chi connectivity index (χ4v) is 3.69. The number of nitrogens with one attached hydrogen (secondary N) is 1. The first-order valence-corrected chi connectivity index (χ1v) is 14.1. The first-order chi connectivity index (χ1) is 17.8. The van der Waals surface area contributed by atoms with Crippen molar-refractivity contribution < 1.29 is 4.74 Å². The molecule has 0 bridgehead atoms. The molecule has 7 nitrogen and oxygen atoms in total. The monoisotopic (exact) mass is 520 g/mol. The molecule has 0 spiro atoms. The molecule has 216 valence electrons. The van der Waals surface area contributed by atoms with Crippen molar-refractivity contribution in [2.24, 2.45) is 11.5 Å². The van der Waals surface area contributed by atoms with Crippen LogP contribution in [-0.4, -0.2) is 87.9 Å². The predicted molar refractivity (Wildman–Crippen MR) is 163 cm³/mol. The van der Waals surface area contributed by atoms with Crippen LogP contribution in [0.4, 0.5) is 0 Å². The zero-order valence-corrected chi connectivity index (χ0v) is 25.8. The van der Waals surface area contributed by atoms with Gasteiger partial charge in [0.05, 0.1) is 19.4 Å². The number of nitrogens with zero attached hydrogens (tertiary/aromatic N) is 3. The molecule has 1 fully saturated rings. The molecular weight excluding hydrogens is 460 g/mol. The Bertz CT molecular complexity index is 683. The SMILES string of the molecule is C1COCCN1.CC.CCCN(CCC)C1=CC(N)N(C)C(N(C)CC)=C1.CN.Cc1cccc(C)c1. The molecule has 1 aromatic rings. The highest BCUT2D eigenvalue weighted by Crippen LogP contribution is 2.21. The summed E-state index contributed by atoms with van der Waals surface area (Å²) in [7, 11) is 5.67. The van der Waals surface area contributed by atoms with E-state index in [9.17, 15) is 0 Å². The van der Waals surface area contributed by atoms with Gasteiger partial charge >= 0.3 is 0 Å². The summed E-state index contributed by atoms with van der Waals surface area (Å²) in [6.07, 6.45) is 6.71. The maximum Gasteiger partial charge on any atom is 0.107 e. The molecule has 5 N–H and O–H groups in total. The third kappa shape index (κ3) is 16.4. The third-order valence-corrected chi connectivity index (χ3v) is 5.66. The second-order valence-electron chi connectivity index (χ2n) is 8.72. The number of benzene rings is 1. The molecule has 0 aliphatic carbocycles. The molecule has 2 heterocycles. The first-order valence-electron chi connectivity index (χ1n) is 14.1. The Kier molecular flexibility index (Phi) is 24.3. The summed E-state index contributed by atoms with van der Waals surface area (Å²) in [4.78, 5) is 6.81. The van der Waals surface area contributed by atoms with Crippen LogP contribution in [0, 0.1) is 13.8 Å². The van der Waals surface area contributed by atoms with Gasteiger partial charge in [0.25, 0.3) is 0 Å². The van der Waals surface area contributed by atoms with Crippen molar-refractivity contribution in [3.8, 4) is 0 Å². The second-order valence-corrected chi connectivity index (χ2v) is 8.72. The lowest BCUT2D eigenvalue weighted by Gasteiger charge is -2.38. The van der Waals surface area contributed by atoms with Crippen molar-refractivity contribution in [1.82, 2.24) is 20.0 Å². The quantitative estimate of drug-likeness (QED) is 0.487. The van der Waals surface area contributed by atoms with Gasteiger partial charge < -0.3 is 36.2 Å². The summed E-state index contributed by atoms with van der Waals surface area (Å²) >= 11 is 0. The number of rotatable bonds is 7. The fraction of sp³-hybridized carbons (Fsp3) is 0.667. The number of likely N-dealkylation sites (N-methyl/N-ethyl adjacent to an activating group) is 1.